The van der Waals surface area contributed by atoms with Crippen LogP contribution in [-0.2, 0) is 56.8 Å². The smallest absolute Gasteiger partial charge is 0.187 e. The molecule has 6 saturated heterocycles. The lowest BCUT2D eigenvalue weighted by Gasteiger charge is -2.48. The second-order valence-electron chi connectivity index (χ2n) is 21.9. The summed E-state index contributed by atoms with van der Waals surface area (Å²) in [6.45, 7) is 10.0. The fraction of sp³-hybridized carbons (Fsp3) is 0.922. The van der Waals surface area contributed by atoms with Crippen LogP contribution in [0.4, 0.5) is 0 Å². The quantitative estimate of drug-likeness (QED) is 0.0424. The number of allylic oxidation sites excluding steroid dienone is 3. The van der Waals surface area contributed by atoms with Crippen LogP contribution in [0.25, 0.3) is 0 Å². The standard InChI is InChI=1S/C51H88O28/c1-19(11-9-13-21(3)18-69-51-45(79-49-41(67)37(63)31(57)25(7)73-49)43(33(59)27(17-53)75-51)77-47-39(65)35(61)29(55)23(5)71-47)10-8-12-20(2)14-15-68-50-44(78-48-40(66)36(62)30(56)24(6)72-48)42(32(58)26(16-52)74-50)76-46-38(64)34(60)28(54)22(4)70-46/h10,14,21-67H,8-9,11-13,15-18H2,1-7H3. The van der Waals surface area contributed by atoms with E-state index in [0.29, 0.717) is 19.3 Å². The van der Waals surface area contributed by atoms with E-state index in [9.17, 15) is 81.7 Å². The van der Waals surface area contributed by atoms with Crippen molar-refractivity contribution in [2.75, 3.05) is 26.4 Å². The van der Waals surface area contributed by atoms with Crippen molar-refractivity contribution in [1.29, 1.82) is 0 Å². The second-order valence-corrected chi connectivity index (χ2v) is 21.9. The Morgan fingerprint density at radius 1 is 0.405 bits per heavy atom. The van der Waals surface area contributed by atoms with E-state index >= 15 is 0 Å². The van der Waals surface area contributed by atoms with Crippen LogP contribution in [0.5, 0.6) is 0 Å². The Labute approximate surface area is 458 Å². The maximum Gasteiger partial charge on any atom is 0.187 e. The molecule has 0 bridgehead atoms. The van der Waals surface area contributed by atoms with Crippen LogP contribution < -0.4 is 0 Å². The molecule has 0 aromatic rings. The number of hydrogen-bond acceptors (Lipinski definition) is 28. The van der Waals surface area contributed by atoms with E-state index in [2.05, 4.69) is 6.08 Å². The molecule has 0 spiro atoms. The summed E-state index contributed by atoms with van der Waals surface area (Å²) in [5, 5.41) is 170. The third kappa shape index (κ3) is 16.2. The maximum atomic E-state index is 11.4. The van der Waals surface area contributed by atoms with Crippen LogP contribution in [0, 0.1) is 5.92 Å². The van der Waals surface area contributed by atoms with E-state index in [1.54, 1.807) is 6.08 Å². The van der Waals surface area contributed by atoms with Crippen LogP contribution in [0.1, 0.15) is 80.6 Å². The molecule has 6 aliphatic rings. The van der Waals surface area contributed by atoms with Crippen LogP contribution in [-0.4, -0.2) is 292 Å². The van der Waals surface area contributed by atoms with Gasteiger partial charge in [0, 0.05) is 0 Å². The molecule has 28 heteroatoms. The van der Waals surface area contributed by atoms with Crippen molar-refractivity contribution in [1.82, 2.24) is 0 Å². The average molecular weight is 1150 g/mol. The van der Waals surface area contributed by atoms with Gasteiger partial charge in [0.15, 0.2) is 37.7 Å². The lowest BCUT2D eigenvalue weighted by molar-refractivity contribution is -0.390. The molecule has 79 heavy (non-hydrogen) atoms. The summed E-state index contributed by atoms with van der Waals surface area (Å²) in [6.07, 6.45) is -38.3. The summed E-state index contributed by atoms with van der Waals surface area (Å²) in [5.41, 5.74) is 2.01. The average Bonchev–Trinajstić information content (AvgIpc) is 3.50. The normalized spacial score (nSPS) is 48.0. The fourth-order valence-electron chi connectivity index (χ4n) is 10.2. The van der Waals surface area contributed by atoms with Gasteiger partial charge in [-0.3, -0.25) is 0 Å². The molecule has 6 aliphatic heterocycles. The zero-order chi connectivity index (χ0) is 58.3. The van der Waals surface area contributed by atoms with Crippen LogP contribution in [0.2, 0.25) is 0 Å². The maximum absolute atomic E-state index is 11.4. The van der Waals surface area contributed by atoms with Crippen molar-refractivity contribution >= 4 is 0 Å². The minimum atomic E-state index is -1.80. The first-order valence-corrected chi connectivity index (χ1v) is 27.1. The molecule has 0 aliphatic carbocycles. The fourth-order valence-corrected chi connectivity index (χ4v) is 10.2. The minimum absolute atomic E-state index is 0.0551. The Bertz CT molecular complexity index is 1890. The lowest BCUT2D eigenvalue weighted by Crippen LogP contribution is -2.66. The molecule has 31 unspecified atom stereocenters. The summed E-state index contributed by atoms with van der Waals surface area (Å²) in [5.74, 6) is -0.104. The van der Waals surface area contributed by atoms with Gasteiger partial charge in [-0.1, -0.05) is 30.2 Å². The van der Waals surface area contributed by atoms with Crippen molar-refractivity contribution < 1.29 is 139 Å². The van der Waals surface area contributed by atoms with E-state index in [1.807, 2.05) is 20.8 Å². The zero-order valence-electron chi connectivity index (χ0n) is 45.5. The number of ether oxygens (including phenoxy) is 12. The third-order valence-corrected chi connectivity index (χ3v) is 15.5. The van der Waals surface area contributed by atoms with Gasteiger partial charge >= 0.3 is 0 Å². The summed E-state index contributed by atoms with van der Waals surface area (Å²) in [4.78, 5) is 0. The molecule has 31 atom stereocenters. The highest BCUT2D eigenvalue weighted by Gasteiger charge is 2.56. The predicted molar refractivity (Wildman–Crippen MR) is 264 cm³/mol. The predicted octanol–water partition coefficient (Wildman–Crippen LogP) is -5.49. The molecule has 460 valence electrons. The summed E-state index contributed by atoms with van der Waals surface area (Å²) >= 11 is 0. The Hall–Kier alpha value is -1.64. The van der Waals surface area contributed by atoms with Crippen LogP contribution in [0.15, 0.2) is 23.3 Å². The van der Waals surface area contributed by atoms with Gasteiger partial charge in [-0.25, -0.2) is 0 Å². The van der Waals surface area contributed by atoms with Gasteiger partial charge in [-0.05, 0) is 79.6 Å². The number of rotatable bonds is 23. The Morgan fingerprint density at radius 2 is 0.747 bits per heavy atom. The Kier molecular flexibility index (Phi) is 25.2. The van der Waals surface area contributed by atoms with E-state index in [1.165, 1.54) is 27.7 Å². The van der Waals surface area contributed by atoms with Gasteiger partial charge in [0.05, 0.1) is 50.8 Å². The highest BCUT2D eigenvalue weighted by atomic mass is 16.8. The van der Waals surface area contributed by atoms with Gasteiger partial charge in [0.1, 0.15) is 122 Å². The van der Waals surface area contributed by atoms with Crippen molar-refractivity contribution in [3.05, 3.63) is 23.3 Å². The van der Waals surface area contributed by atoms with E-state index in [0.717, 1.165) is 24.0 Å². The molecule has 0 radical (unpaired) electrons. The van der Waals surface area contributed by atoms with Gasteiger partial charge < -0.3 is 139 Å². The molecular formula is C51H88O28. The van der Waals surface area contributed by atoms with Crippen molar-refractivity contribution in [3.63, 3.8) is 0 Å². The molecule has 6 heterocycles. The van der Waals surface area contributed by atoms with Gasteiger partial charge in [-0.15, -0.1) is 0 Å². The lowest BCUT2D eigenvalue weighted by atomic mass is 9.96. The summed E-state index contributed by atoms with van der Waals surface area (Å²) < 4.78 is 70.9. The molecule has 0 amide bonds. The highest BCUT2D eigenvalue weighted by Crippen LogP contribution is 2.37. The van der Waals surface area contributed by atoms with Crippen molar-refractivity contribution in [2.45, 2.75) is 265 Å². The largest absolute Gasteiger partial charge is 0.394 e. The third-order valence-electron chi connectivity index (χ3n) is 15.5. The van der Waals surface area contributed by atoms with Crippen molar-refractivity contribution in [2.24, 2.45) is 5.92 Å². The van der Waals surface area contributed by atoms with Gasteiger partial charge in [0.25, 0.3) is 0 Å². The Morgan fingerprint density at radius 3 is 1.11 bits per heavy atom. The molecule has 6 fully saturated rings. The molecule has 6 rings (SSSR count). The molecule has 16 N–H and O–H groups in total. The molecule has 0 saturated carbocycles. The number of aliphatic hydroxyl groups is 16. The van der Waals surface area contributed by atoms with Gasteiger partial charge in [0.2, 0.25) is 0 Å². The second kappa shape index (κ2) is 29.9. The van der Waals surface area contributed by atoms with Crippen LogP contribution in [0.3, 0.4) is 0 Å². The minimum Gasteiger partial charge on any atom is -0.394 e. The first-order chi connectivity index (χ1) is 37.3. The van der Waals surface area contributed by atoms with Crippen LogP contribution >= 0.6 is 0 Å². The molecular weight excluding hydrogens is 1060 g/mol. The summed E-state index contributed by atoms with van der Waals surface area (Å²) in [6, 6.07) is 0. The Balaban J connectivity index is 1.04. The van der Waals surface area contributed by atoms with E-state index < -0.39 is 197 Å². The SMILES string of the molecule is CC(=CCOC1OC(CO)C(O)C(OC2OC(C)C(O)C(O)C2O)C1OC1OC(C)C(O)C(O)C1O)CCC=C(C)CCCC(C)COC1OC(CO)C(O)C(OC2OC(C)C(O)C(O)C2O)C1OC1OC(C)C(O)C(O)C1O. The molecule has 0 aromatic heterocycles. The van der Waals surface area contributed by atoms with E-state index in [-0.39, 0.29) is 19.1 Å². The van der Waals surface area contributed by atoms with Gasteiger partial charge in [-0.2, -0.15) is 0 Å². The molecule has 28 nitrogen and oxygen atoms in total. The summed E-state index contributed by atoms with van der Waals surface area (Å²) in [7, 11) is 0. The van der Waals surface area contributed by atoms with Crippen molar-refractivity contribution in [3.8, 4) is 0 Å². The highest BCUT2D eigenvalue weighted by molar-refractivity contribution is 5.05. The molecule has 0 aromatic carbocycles. The topological polar surface area (TPSA) is 434 Å². The monoisotopic (exact) mass is 1150 g/mol. The number of hydrogen-bond donors (Lipinski definition) is 16. The first-order valence-electron chi connectivity index (χ1n) is 27.1. The number of aliphatic hydroxyl groups excluding tert-OH is 16. The zero-order valence-corrected chi connectivity index (χ0v) is 45.5. The first kappa shape index (κ1) is 66.5. The van der Waals surface area contributed by atoms with E-state index in [4.69, 9.17) is 56.8 Å².